The van der Waals surface area contributed by atoms with E-state index in [1.54, 1.807) is 0 Å². The van der Waals surface area contributed by atoms with Gasteiger partial charge in [0, 0.05) is 13.1 Å². The van der Waals surface area contributed by atoms with Gasteiger partial charge in [-0.2, -0.15) is 0 Å². The molecule has 7 heteroatoms. The van der Waals surface area contributed by atoms with E-state index in [1.165, 1.54) is 0 Å². The monoisotopic (exact) mass is 332 g/mol. The molecule has 0 spiro atoms. The first kappa shape index (κ1) is 17.5. The Labute approximate surface area is 133 Å². The standard InChI is InChI=1S/C15H28N2O4S/c1-11-7-14(8-12(2)21-11)10-17-15(18)16-9-13-3-5-22(19,20)6-4-13/h11-14H,3-10H2,1-2H3,(H2,16,17,18)/t11-,12+,14?. The van der Waals surface area contributed by atoms with Gasteiger partial charge < -0.3 is 15.4 Å². The van der Waals surface area contributed by atoms with Crippen molar-refractivity contribution in [1.82, 2.24) is 10.6 Å². The minimum atomic E-state index is -2.83. The summed E-state index contributed by atoms with van der Waals surface area (Å²) >= 11 is 0. The van der Waals surface area contributed by atoms with Crippen molar-refractivity contribution in [2.75, 3.05) is 24.6 Å². The van der Waals surface area contributed by atoms with Crippen LogP contribution in [-0.4, -0.2) is 51.3 Å². The van der Waals surface area contributed by atoms with Gasteiger partial charge >= 0.3 is 6.03 Å². The lowest BCUT2D eigenvalue weighted by Gasteiger charge is -2.32. The SMILES string of the molecule is C[C@@H]1CC(CNC(=O)NCC2CCS(=O)(=O)CC2)C[C@H](C)O1. The summed E-state index contributed by atoms with van der Waals surface area (Å²) < 4.78 is 28.4. The van der Waals surface area contributed by atoms with Gasteiger partial charge in [0.25, 0.3) is 0 Å². The van der Waals surface area contributed by atoms with Gasteiger partial charge in [0.2, 0.25) is 0 Å². The molecule has 6 nitrogen and oxygen atoms in total. The molecule has 2 saturated heterocycles. The summed E-state index contributed by atoms with van der Waals surface area (Å²) in [5.41, 5.74) is 0. The molecule has 2 aliphatic heterocycles. The molecular weight excluding hydrogens is 304 g/mol. The lowest BCUT2D eigenvalue weighted by molar-refractivity contribution is -0.0511. The number of carbonyl (C=O) groups is 1. The molecule has 128 valence electrons. The van der Waals surface area contributed by atoms with Crippen LogP contribution in [0.4, 0.5) is 4.79 Å². The molecule has 2 rings (SSSR count). The third-order valence-corrected chi connectivity index (χ3v) is 6.29. The fourth-order valence-electron chi connectivity index (χ4n) is 3.39. The van der Waals surface area contributed by atoms with E-state index < -0.39 is 9.84 Å². The number of ether oxygens (including phenoxy) is 1. The van der Waals surface area contributed by atoms with E-state index in [0.29, 0.717) is 31.8 Å². The molecular formula is C15H28N2O4S. The van der Waals surface area contributed by atoms with Gasteiger partial charge in [-0.05, 0) is 51.4 Å². The second-order valence-electron chi connectivity index (χ2n) is 6.78. The van der Waals surface area contributed by atoms with E-state index in [0.717, 1.165) is 12.8 Å². The molecule has 0 aromatic carbocycles. The first-order chi connectivity index (χ1) is 10.3. The summed E-state index contributed by atoms with van der Waals surface area (Å²) in [6, 6.07) is -0.153. The van der Waals surface area contributed by atoms with Crippen LogP contribution in [0, 0.1) is 11.8 Å². The Kier molecular flexibility index (Phi) is 6.09. The Bertz CT molecular complexity index is 456. The molecule has 0 aromatic heterocycles. The van der Waals surface area contributed by atoms with Crippen molar-refractivity contribution >= 4 is 15.9 Å². The van der Waals surface area contributed by atoms with Crippen molar-refractivity contribution in [2.24, 2.45) is 11.8 Å². The van der Waals surface area contributed by atoms with Crippen LogP contribution in [-0.2, 0) is 14.6 Å². The predicted molar refractivity (Wildman–Crippen MR) is 85.5 cm³/mol. The van der Waals surface area contributed by atoms with Crippen LogP contribution in [0.15, 0.2) is 0 Å². The maximum Gasteiger partial charge on any atom is 0.314 e. The molecule has 0 radical (unpaired) electrons. The minimum Gasteiger partial charge on any atom is -0.376 e. The average molecular weight is 332 g/mol. The van der Waals surface area contributed by atoms with E-state index in [4.69, 9.17) is 4.74 Å². The lowest BCUT2D eigenvalue weighted by atomic mass is 9.92. The van der Waals surface area contributed by atoms with Gasteiger partial charge in [0.1, 0.15) is 9.84 Å². The fraction of sp³-hybridized carbons (Fsp3) is 0.933. The van der Waals surface area contributed by atoms with E-state index >= 15 is 0 Å². The second kappa shape index (κ2) is 7.64. The maximum absolute atomic E-state index is 11.8. The van der Waals surface area contributed by atoms with Crippen LogP contribution in [0.2, 0.25) is 0 Å². The maximum atomic E-state index is 11.8. The highest BCUT2D eigenvalue weighted by molar-refractivity contribution is 7.91. The number of nitrogens with one attached hydrogen (secondary N) is 2. The van der Waals surface area contributed by atoms with Gasteiger partial charge in [-0.3, -0.25) is 0 Å². The van der Waals surface area contributed by atoms with Crippen molar-refractivity contribution in [3.8, 4) is 0 Å². The van der Waals surface area contributed by atoms with Gasteiger partial charge in [0.15, 0.2) is 0 Å². The quantitative estimate of drug-likeness (QED) is 0.813. The van der Waals surface area contributed by atoms with Crippen LogP contribution < -0.4 is 10.6 Å². The van der Waals surface area contributed by atoms with Crippen LogP contribution in [0.5, 0.6) is 0 Å². The summed E-state index contributed by atoms with van der Waals surface area (Å²) in [4.78, 5) is 11.8. The third kappa shape index (κ3) is 5.76. The van der Waals surface area contributed by atoms with Gasteiger partial charge in [-0.15, -0.1) is 0 Å². The van der Waals surface area contributed by atoms with Crippen molar-refractivity contribution in [1.29, 1.82) is 0 Å². The average Bonchev–Trinajstić information content (AvgIpc) is 2.43. The molecule has 22 heavy (non-hydrogen) atoms. The molecule has 2 amide bonds. The fourth-order valence-corrected chi connectivity index (χ4v) is 4.98. The summed E-state index contributed by atoms with van der Waals surface area (Å²) in [6.45, 7) is 5.37. The zero-order valence-electron chi connectivity index (χ0n) is 13.5. The van der Waals surface area contributed by atoms with E-state index in [2.05, 4.69) is 24.5 Å². The topological polar surface area (TPSA) is 84.5 Å². The smallest absolute Gasteiger partial charge is 0.314 e. The normalized spacial score (nSPS) is 32.4. The molecule has 0 saturated carbocycles. The van der Waals surface area contributed by atoms with Crippen molar-refractivity contribution in [2.45, 2.75) is 51.7 Å². The zero-order chi connectivity index (χ0) is 16.2. The molecule has 0 aliphatic carbocycles. The summed E-state index contributed by atoms with van der Waals surface area (Å²) in [5, 5.41) is 5.79. The highest BCUT2D eigenvalue weighted by Crippen LogP contribution is 2.24. The highest BCUT2D eigenvalue weighted by Gasteiger charge is 2.25. The first-order valence-electron chi connectivity index (χ1n) is 8.21. The van der Waals surface area contributed by atoms with Crippen molar-refractivity contribution in [3.63, 3.8) is 0 Å². The molecule has 1 unspecified atom stereocenters. The van der Waals surface area contributed by atoms with Gasteiger partial charge in [-0.25, -0.2) is 13.2 Å². The number of amides is 2. The molecule has 2 N–H and O–H groups in total. The number of hydrogen-bond acceptors (Lipinski definition) is 4. The molecule has 2 fully saturated rings. The number of urea groups is 1. The Morgan fingerprint density at radius 2 is 1.50 bits per heavy atom. The van der Waals surface area contributed by atoms with E-state index in [-0.39, 0.29) is 35.7 Å². The second-order valence-corrected chi connectivity index (χ2v) is 9.08. The predicted octanol–water partition coefficient (Wildman–Crippen LogP) is 1.31. The number of rotatable bonds is 4. The Morgan fingerprint density at radius 1 is 1.00 bits per heavy atom. The van der Waals surface area contributed by atoms with Crippen molar-refractivity contribution < 1.29 is 17.9 Å². The summed E-state index contributed by atoms with van der Waals surface area (Å²) in [7, 11) is -2.83. The van der Waals surface area contributed by atoms with Crippen molar-refractivity contribution in [3.05, 3.63) is 0 Å². The largest absolute Gasteiger partial charge is 0.376 e. The first-order valence-corrected chi connectivity index (χ1v) is 10.0. The summed E-state index contributed by atoms with van der Waals surface area (Å²) in [6.07, 6.45) is 3.76. The Morgan fingerprint density at radius 3 is 2.05 bits per heavy atom. The molecule has 2 heterocycles. The van der Waals surface area contributed by atoms with E-state index in [9.17, 15) is 13.2 Å². The number of hydrogen-bond donors (Lipinski definition) is 2. The Hall–Kier alpha value is -0.820. The Balaban J connectivity index is 1.62. The molecule has 0 aromatic rings. The van der Waals surface area contributed by atoms with Crippen LogP contribution in [0.3, 0.4) is 0 Å². The van der Waals surface area contributed by atoms with Gasteiger partial charge in [-0.1, -0.05) is 0 Å². The van der Waals surface area contributed by atoms with E-state index in [1.807, 2.05) is 0 Å². The summed E-state index contributed by atoms with van der Waals surface area (Å²) in [5.74, 6) is 1.24. The number of sulfone groups is 1. The number of carbonyl (C=O) groups excluding carboxylic acids is 1. The lowest BCUT2D eigenvalue weighted by Crippen LogP contribution is -2.43. The van der Waals surface area contributed by atoms with Gasteiger partial charge in [0.05, 0.1) is 23.7 Å². The van der Waals surface area contributed by atoms with Crippen LogP contribution in [0.1, 0.15) is 39.5 Å². The minimum absolute atomic E-state index is 0.153. The van der Waals surface area contributed by atoms with Crippen LogP contribution >= 0.6 is 0 Å². The van der Waals surface area contributed by atoms with Crippen LogP contribution in [0.25, 0.3) is 0 Å². The molecule has 0 bridgehead atoms. The molecule has 3 atom stereocenters. The molecule has 2 aliphatic rings. The highest BCUT2D eigenvalue weighted by atomic mass is 32.2. The zero-order valence-corrected chi connectivity index (χ0v) is 14.3. The third-order valence-electron chi connectivity index (χ3n) is 4.57.